The molecule has 0 spiro atoms. The zero-order chi connectivity index (χ0) is 11.4. The number of benzene rings is 1. The van der Waals surface area contributed by atoms with Crippen LogP contribution in [0.4, 0.5) is 0 Å². The van der Waals surface area contributed by atoms with Crippen molar-refractivity contribution in [2.45, 2.75) is 13.1 Å². The zero-order valence-corrected chi connectivity index (χ0v) is 9.90. The van der Waals surface area contributed by atoms with Crippen molar-refractivity contribution in [2.24, 2.45) is 0 Å². The van der Waals surface area contributed by atoms with Crippen molar-refractivity contribution in [3.05, 3.63) is 34.1 Å². The van der Waals surface area contributed by atoms with E-state index in [1.165, 1.54) is 0 Å². The van der Waals surface area contributed by atoms with Crippen molar-refractivity contribution in [3.63, 3.8) is 0 Å². The molecule has 0 radical (unpaired) electrons. The van der Waals surface area contributed by atoms with Crippen LogP contribution in [0, 0.1) is 0 Å². The first kappa shape index (κ1) is 11.0. The van der Waals surface area contributed by atoms with E-state index in [0.29, 0.717) is 23.4 Å². The second-order valence-corrected chi connectivity index (χ2v) is 4.07. The number of tetrazole rings is 1. The number of phenolic OH excluding ortho intramolecular Hbond substituents is 1. The van der Waals surface area contributed by atoms with Crippen molar-refractivity contribution in [1.82, 2.24) is 25.9 Å². The Balaban J connectivity index is 1.87. The molecule has 0 bridgehead atoms. The van der Waals surface area contributed by atoms with Crippen LogP contribution >= 0.6 is 15.9 Å². The molecule has 6 nitrogen and oxygen atoms in total. The maximum Gasteiger partial charge on any atom is 0.188 e. The number of halogens is 1. The van der Waals surface area contributed by atoms with E-state index in [2.05, 4.69) is 41.9 Å². The van der Waals surface area contributed by atoms with Crippen LogP contribution in [0.15, 0.2) is 22.7 Å². The fourth-order valence-electron chi connectivity index (χ4n) is 1.24. The molecular weight excluding hydrogens is 274 g/mol. The van der Waals surface area contributed by atoms with Gasteiger partial charge in [0.15, 0.2) is 5.82 Å². The number of hydrogen-bond acceptors (Lipinski definition) is 5. The first-order valence-corrected chi connectivity index (χ1v) is 5.45. The largest absolute Gasteiger partial charge is 0.507 e. The molecule has 16 heavy (non-hydrogen) atoms. The quantitative estimate of drug-likeness (QED) is 0.778. The van der Waals surface area contributed by atoms with Crippen LogP contribution in [-0.4, -0.2) is 25.7 Å². The normalized spacial score (nSPS) is 10.6. The summed E-state index contributed by atoms with van der Waals surface area (Å²) in [4.78, 5) is 0. The molecule has 7 heteroatoms. The average molecular weight is 284 g/mol. The number of rotatable bonds is 4. The van der Waals surface area contributed by atoms with Crippen molar-refractivity contribution in [2.75, 3.05) is 0 Å². The lowest BCUT2D eigenvalue weighted by molar-refractivity contribution is 0.471. The van der Waals surface area contributed by atoms with E-state index in [0.717, 1.165) is 5.56 Å². The first-order valence-electron chi connectivity index (χ1n) is 4.66. The molecule has 0 aliphatic rings. The Hall–Kier alpha value is -1.47. The van der Waals surface area contributed by atoms with Gasteiger partial charge in [-0.1, -0.05) is 11.3 Å². The Morgan fingerprint density at radius 2 is 2.25 bits per heavy atom. The number of hydrogen-bond donors (Lipinski definition) is 3. The number of nitrogens with zero attached hydrogens (tertiary/aromatic N) is 3. The fraction of sp³-hybridized carbons (Fsp3) is 0.222. The molecule has 0 aliphatic heterocycles. The molecule has 3 N–H and O–H groups in total. The number of H-pyrrole nitrogens is 1. The van der Waals surface area contributed by atoms with E-state index in [1.54, 1.807) is 6.07 Å². The third kappa shape index (κ3) is 2.77. The molecule has 1 heterocycles. The van der Waals surface area contributed by atoms with Gasteiger partial charge in [0.05, 0.1) is 11.0 Å². The van der Waals surface area contributed by atoms with Gasteiger partial charge < -0.3 is 10.4 Å². The van der Waals surface area contributed by atoms with Gasteiger partial charge in [-0.15, -0.1) is 10.2 Å². The summed E-state index contributed by atoms with van der Waals surface area (Å²) in [5, 5.41) is 26.0. The van der Waals surface area contributed by atoms with Gasteiger partial charge in [-0.3, -0.25) is 0 Å². The van der Waals surface area contributed by atoms with Crippen LogP contribution in [0.5, 0.6) is 5.75 Å². The van der Waals surface area contributed by atoms with E-state index in [9.17, 15) is 5.11 Å². The molecule has 0 saturated heterocycles. The maximum absolute atomic E-state index is 9.32. The minimum Gasteiger partial charge on any atom is -0.507 e. The predicted molar refractivity (Wildman–Crippen MR) is 60.5 cm³/mol. The minimum atomic E-state index is 0.238. The third-order valence-corrected chi connectivity index (χ3v) is 2.65. The summed E-state index contributed by atoms with van der Waals surface area (Å²) >= 11 is 3.26. The van der Waals surface area contributed by atoms with Crippen LogP contribution in [-0.2, 0) is 13.1 Å². The Kier molecular flexibility index (Phi) is 3.47. The summed E-state index contributed by atoms with van der Waals surface area (Å²) in [6.07, 6.45) is 0. The summed E-state index contributed by atoms with van der Waals surface area (Å²) in [6.45, 7) is 1.22. The summed E-state index contributed by atoms with van der Waals surface area (Å²) in [5.41, 5.74) is 1.06. The summed E-state index contributed by atoms with van der Waals surface area (Å²) < 4.78 is 0.686. The molecule has 2 rings (SSSR count). The summed E-state index contributed by atoms with van der Waals surface area (Å²) in [5.74, 6) is 0.861. The highest BCUT2D eigenvalue weighted by Gasteiger charge is 2.00. The lowest BCUT2D eigenvalue weighted by Crippen LogP contribution is -2.13. The number of aromatic hydroxyl groups is 1. The summed E-state index contributed by atoms with van der Waals surface area (Å²) in [7, 11) is 0. The molecule has 0 atom stereocenters. The molecule has 1 aromatic carbocycles. The topological polar surface area (TPSA) is 86.7 Å². The molecule has 0 saturated carbocycles. The van der Waals surface area contributed by atoms with E-state index in [4.69, 9.17) is 0 Å². The van der Waals surface area contributed by atoms with Crippen LogP contribution in [0.2, 0.25) is 0 Å². The molecule has 0 amide bonds. The van der Waals surface area contributed by atoms with Gasteiger partial charge >= 0.3 is 0 Å². The van der Waals surface area contributed by atoms with Gasteiger partial charge in [-0.25, -0.2) is 0 Å². The molecule has 0 aliphatic carbocycles. The van der Waals surface area contributed by atoms with Crippen LogP contribution in [0.3, 0.4) is 0 Å². The van der Waals surface area contributed by atoms with Crippen LogP contribution in [0.1, 0.15) is 11.4 Å². The van der Waals surface area contributed by atoms with Crippen molar-refractivity contribution in [1.29, 1.82) is 0 Å². The predicted octanol–water partition coefficient (Wildman–Crippen LogP) is 0.958. The second kappa shape index (κ2) is 5.04. The molecular formula is C9H10BrN5O. The van der Waals surface area contributed by atoms with Crippen molar-refractivity contribution < 1.29 is 5.11 Å². The zero-order valence-electron chi connectivity index (χ0n) is 8.31. The van der Waals surface area contributed by atoms with E-state index in [-0.39, 0.29) is 5.75 Å². The number of nitrogens with one attached hydrogen (secondary N) is 2. The van der Waals surface area contributed by atoms with Gasteiger partial charge in [0.25, 0.3) is 0 Å². The molecule has 2 aromatic rings. The maximum atomic E-state index is 9.32. The van der Waals surface area contributed by atoms with Crippen molar-refractivity contribution in [3.8, 4) is 5.75 Å². The third-order valence-electron chi connectivity index (χ3n) is 2.01. The SMILES string of the molecule is Oc1ccc(CNCc2nn[nH]n2)cc1Br. The second-order valence-electron chi connectivity index (χ2n) is 3.22. The van der Waals surface area contributed by atoms with E-state index in [1.807, 2.05) is 12.1 Å². The van der Waals surface area contributed by atoms with E-state index >= 15 is 0 Å². The highest BCUT2D eigenvalue weighted by Crippen LogP contribution is 2.24. The Bertz CT molecular complexity index is 459. The van der Waals surface area contributed by atoms with E-state index < -0.39 is 0 Å². The van der Waals surface area contributed by atoms with Gasteiger partial charge in [-0.2, -0.15) is 5.21 Å². The Morgan fingerprint density at radius 3 is 2.94 bits per heavy atom. The Morgan fingerprint density at radius 1 is 1.38 bits per heavy atom. The van der Waals surface area contributed by atoms with Gasteiger partial charge in [-0.05, 0) is 33.6 Å². The fourth-order valence-corrected chi connectivity index (χ4v) is 1.66. The highest BCUT2D eigenvalue weighted by molar-refractivity contribution is 9.10. The molecule has 84 valence electrons. The molecule has 0 unspecified atom stereocenters. The van der Waals surface area contributed by atoms with Crippen molar-refractivity contribution >= 4 is 15.9 Å². The smallest absolute Gasteiger partial charge is 0.188 e. The van der Waals surface area contributed by atoms with Gasteiger partial charge in [0, 0.05) is 6.54 Å². The average Bonchev–Trinajstić information content (AvgIpc) is 2.76. The first-order chi connectivity index (χ1) is 7.75. The highest BCUT2D eigenvalue weighted by atomic mass is 79.9. The number of aromatic nitrogens is 4. The molecule has 1 aromatic heterocycles. The lowest BCUT2D eigenvalue weighted by Gasteiger charge is -2.04. The van der Waals surface area contributed by atoms with Gasteiger partial charge in [0.1, 0.15) is 5.75 Å². The summed E-state index contributed by atoms with van der Waals surface area (Å²) in [6, 6.07) is 5.36. The van der Waals surface area contributed by atoms with Gasteiger partial charge in [0.2, 0.25) is 0 Å². The monoisotopic (exact) mass is 283 g/mol. The minimum absolute atomic E-state index is 0.238. The lowest BCUT2D eigenvalue weighted by atomic mass is 10.2. The van der Waals surface area contributed by atoms with Crippen LogP contribution in [0.25, 0.3) is 0 Å². The number of aromatic amines is 1. The number of phenols is 1. The standard InChI is InChI=1S/C9H10BrN5O/c10-7-3-6(1-2-8(7)16)4-11-5-9-12-14-15-13-9/h1-3,11,16H,4-5H2,(H,12,13,14,15). The van der Waals surface area contributed by atoms with Crippen LogP contribution < -0.4 is 5.32 Å². The Labute approximate surface area is 100 Å². The molecule has 0 fully saturated rings.